The molecule has 1 atom stereocenters. The highest BCUT2D eigenvalue weighted by molar-refractivity contribution is 6.31. The van der Waals surface area contributed by atoms with Crippen LogP contribution in [0.2, 0.25) is 5.02 Å². The number of rotatable bonds is 5. The van der Waals surface area contributed by atoms with Crippen molar-refractivity contribution in [2.24, 2.45) is 0 Å². The molecular weight excluding hydrogens is 259 g/mol. The number of hydrogen-bond acceptors (Lipinski definition) is 2. The van der Waals surface area contributed by atoms with E-state index in [1.54, 1.807) is 6.07 Å². The van der Waals surface area contributed by atoms with Gasteiger partial charge in [0.25, 0.3) is 0 Å². The Morgan fingerprint density at radius 2 is 2.28 bits per heavy atom. The molecule has 100 valence electrons. The average molecular weight is 275 g/mol. The van der Waals surface area contributed by atoms with Crippen molar-refractivity contribution < 1.29 is 14.3 Å². The Morgan fingerprint density at radius 1 is 1.56 bits per heavy atom. The number of hydrogen-bond donors (Lipinski definition) is 3. The second kappa shape index (κ2) is 7.18. The fourth-order valence-corrected chi connectivity index (χ4v) is 1.50. The summed E-state index contributed by atoms with van der Waals surface area (Å²) < 4.78 is 13.5. The third kappa shape index (κ3) is 4.50. The number of carbonyl (C=O) groups excluding carboxylic acids is 1. The minimum Gasteiger partial charge on any atom is -0.393 e. The molecule has 4 nitrogen and oxygen atoms in total. The number of aliphatic hydroxyl groups excluding tert-OH is 1. The first-order valence-electron chi connectivity index (χ1n) is 5.71. The van der Waals surface area contributed by atoms with Crippen LogP contribution in [0.25, 0.3) is 0 Å². The Kier molecular flexibility index (Phi) is 5.88. The second-order valence-electron chi connectivity index (χ2n) is 3.83. The van der Waals surface area contributed by atoms with Gasteiger partial charge in [0.15, 0.2) is 5.82 Å². The van der Waals surface area contributed by atoms with Crippen LogP contribution in [-0.2, 0) is 0 Å². The summed E-state index contributed by atoms with van der Waals surface area (Å²) in [6, 6.07) is 3.83. The summed E-state index contributed by atoms with van der Waals surface area (Å²) in [6.45, 7) is 2.18. The predicted molar refractivity (Wildman–Crippen MR) is 69.3 cm³/mol. The molecule has 0 aliphatic rings. The first-order valence-corrected chi connectivity index (χ1v) is 6.09. The highest BCUT2D eigenvalue weighted by Crippen LogP contribution is 2.21. The molecule has 0 spiro atoms. The molecule has 0 saturated heterocycles. The lowest BCUT2D eigenvalue weighted by molar-refractivity contribution is 0.160. The van der Waals surface area contributed by atoms with E-state index in [0.717, 1.165) is 0 Å². The molecule has 0 saturated carbocycles. The molecule has 18 heavy (non-hydrogen) atoms. The molecule has 1 aromatic carbocycles. The average Bonchev–Trinajstić information content (AvgIpc) is 2.34. The van der Waals surface area contributed by atoms with Crippen molar-refractivity contribution in [2.45, 2.75) is 25.9 Å². The number of anilines is 1. The van der Waals surface area contributed by atoms with Crippen LogP contribution in [0.1, 0.15) is 19.8 Å². The monoisotopic (exact) mass is 274 g/mol. The van der Waals surface area contributed by atoms with Gasteiger partial charge in [-0.3, -0.25) is 0 Å². The van der Waals surface area contributed by atoms with E-state index in [1.807, 2.05) is 6.92 Å². The van der Waals surface area contributed by atoms with Crippen molar-refractivity contribution in [1.82, 2.24) is 5.32 Å². The maximum atomic E-state index is 13.5. The Bertz CT molecular complexity index is 415. The van der Waals surface area contributed by atoms with Crippen LogP contribution < -0.4 is 10.6 Å². The van der Waals surface area contributed by atoms with Gasteiger partial charge in [-0.05, 0) is 25.0 Å². The van der Waals surface area contributed by atoms with Gasteiger partial charge < -0.3 is 15.7 Å². The topological polar surface area (TPSA) is 61.4 Å². The van der Waals surface area contributed by atoms with E-state index >= 15 is 0 Å². The van der Waals surface area contributed by atoms with Gasteiger partial charge in [0.05, 0.1) is 16.8 Å². The van der Waals surface area contributed by atoms with E-state index in [4.69, 9.17) is 11.6 Å². The van der Waals surface area contributed by atoms with E-state index in [2.05, 4.69) is 10.6 Å². The Hall–Kier alpha value is -1.33. The highest BCUT2D eigenvalue weighted by atomic mass is 35.5. The number of urea groups is 1. The number of amides is 2. The van der Waals surface area contributed by atoms with Crippen LogP contribution in [0.5, 0.6) is 0 Å². The zero-order valence-corrected chi connectivity index (χ0v) is 10.8. The van der Waals surface area contributed by atoms with Crippen molar-refractivity contribution in [3.05, 3.63) is 29.0 Å². The van der Waals surface area contributed by atoms with E-state index in [1.165, 1.54) is 12.1 Å². The van der Waals surface area contributed by atoms with Gasteiger partial charge in [-0.1, -0.05) is 24.6 Å². The standard InChI is InChI=1S/C12H16ClFN2O2/c1-2-8(17)6-7-15-12(18)16-10-5-3-4-9(13)11(10)14/h3-5,8,17H,2,6-7H2,1H3,(H2,15,16,18). The van der Waals surface area contributed by atoms with Crippen molar-refractivity contribution in [1.29, 1.82) is 0 Å². The van der Waals surface area contributed by atoms with Gasteiger partial charge in [-0.2, -0.15) is 0 Å². The van der Waals surface area contributed by atoms with Crippen LogP contribution in [0.15, 0.2) is 18.2 Å². The molecule has 0 fully saturated rings. The highest BCUT2D eigenvalue weighted by Gasteiger charge is 2.09. The molecule has 1 unspecified atom stereocenters. The van der Waals surface area contributed by atoms with E-state index in [-0.39, 0.29) is 10.7 Å². The van der Waals surface area contributed by atoms with Crippen LogP contribution in [0.3, 0.4) is 0 Å². The summed E-state index contributed by atoms with van der Waals surface area (Å²) in [5, 5.41) is 14.1. The molecule has 0 aromatic heterocycles. The fourth-order valence-electron chi connectivity index (χ4n) is 1.32. The number of benzene rings is 1. The van der Waals surface area contributed by atoms with E-state index in [9.17, 15) is 14.3 Å². The molecule has 0 aliphatic heterocycles. The van der Waals surface area contributed by atoms with Crippen LogP contribution >= 0.6 is 11.6 Å². The van der Waals surface area contributed by atoms with Crippen LogP contribution in [0, 0.1) is 5.82 Å². The summed E-state index contributed by atoms with van der Waals surface area (Å²) in [5.41, 5.74) is 0.0241. The van der Waals surface area contributed by atoms with Crippen molar-refractivity contribution in [3.63, 3.8) is 0 Å². The fraction of sp³-hybridized carbons (Fsp3) is 0.417. The molecule has 1 aromatic rings. The van der Waals surface area contributed by atoms with Crippen LogP contribution in [0.4, 0.5) is 14.9 Å². The summed E-state index contributed by atoms with van der Waals surface area (Å²) in [7, 11) is 0. The van der Waals surface area contributed by atoms with Gasteiger partial charge >= 0.3 is 6.03 Å². The molecule has 1 rings (SSSR count). The Balaban J connectivity index is 2.43. The zero-order valence-electron chi connectivity index (χ0n) is 10.0. The molecule has 0 bridgehead atoms. The number of halogens is 2. The molecule has 0 radical (unpaired) electrons. The van der Waals surface area contributed by atoms with Crippen LogP contribution in [-0.4, -0.2) is 23.8 Å². The minimum atomic E-state index is -0.664. The maximum absolute atomic E-state index is 13.5. The zero-order chi connectivity index (χ0) is 13.5. The Morgan fingerprint density at radius 3 is 2.94 bits per heavy atom. The first-order chi connectivity index (χ1) is 8.54. The second-order valence-corrected chi connectivity index (χ2v) is 4.24. The third-order valence-corrected chi connectivity index (χ3v) is 2.73. The van der Waals surface area contributed by atoms with E-state index < -0.39 is 18.0 Å². The predicted octanol–water partition coefficient (Wildman–Crippen LogP) is 2.76. The SMILES string of the molecule is CCC(O)CCNC(=O)Nc1cccc(Cl)c1F. The van der Waals surface area contributed by atoms with Crippen molar-refractivity contribution >= 4 is 23.3 Å². The van der Waals surface area contributed by atoms with Gasteiger partial charge in [0, 0.05) is 6.54 Å². The van der Waals surface area contributed by atoms with Crippen molar-refractivity contribution in [2.75, 3.05) is 11.9 Å². The third-order valence-electron chi connectivity index (χ3n) is 2.43. The van der Waals surface area contributed by atoms with Gasteiger partial charge in [0.2, 0.25) is 0 Å². The number of carbonyl (C=O) groups is 1. The summed E-state index contributed by atoms with van der Waals surface area (Å²) in [6.07, 6.45) is 0.655. The Labute approximate surface area is 110 Å². The first kappa shape index (κ1) is 14.7. The molecule has 2 amide bonds. The molecule has 0 aliphatic carbocycles. The summed E-state index contributed by atoms with van der Waals surface area (Å²) >= 11 is 5.58. The van der Waals surface area contributed by atoms with E-state index in [0.29, 0.717) is 19.4 Å². The number of nitrogens with one attached hydrogen (secondary N) is 2. The van der Waals surface area contributed by atoms with Gasteiger partial charge in [0.1, 0.15) is 0 Å². The lowest BCUT2D eigenvalue weighted by Gasteiger charge is -2.10. The molecular formula is C12H16ClFN2O2. The largest absolute Gasteiger partial charge is 0.393 e. The lowest BCUT2D eigenvalue weighted by atomic mass is 10.2. The number of aliphatic hydroxyl groups is 1. The maximum Gasteiger partial charge on any atom is 0.319 e. The summed E-state index contributed by atoms with van der Waals surface area (Å²) in [4.78, 5) is 11.4. The van der Waals surface area contributed by atoms with Gasteiger partial charge in [-0.15, -0.1) is 0 Å². The lowest BCUT2D eigenvalue weighted by Crippen LogP contribution is -2.31. The molecule has 3 N–H and O–H groups in total. The quantitative estimate of drug-likeness (QED) is 0.773. The molecule has 6 heteroatoms. The smallest absolute Gasteiger partial charge is 0.319 e. The summed E-state index contributed by atoms with van der Waals surface area (Å²) in [5.74, 6) is -0.664. The van der Waals surface area contributed by atoms with Gasteiger partial charge in [-0.25, -0.2) is 9.18 Å². The van der Waals surface area contributed by atoms with Crippen molar-refractivity contribution in [3.8, 4) is 0 Å². The molecule has 0 heterocycles. The minimum absolute atomic E-state index is 0.0241. The normalized spacial score (nSPS) is 12.0.